The molecule has 0 aliphatic heterocycles. The summed E-state index contributed by atoms with van der Waals surface area (Å²) in [5.41, 5.74) is 0.894. The van der Waals surface area contributed by atoms with Gasteiger partial charge in [-0.1, -0.05) is 13.5 Å². The summed E-state index contributed by atoms with van der Waals surface area (Å²) in [4.78, 5) is 0. The van der Waals surface area contributed by atoms with Crippen molar-refractivity contribution in [2.75, 3.05) is 6.61 Å². The molecular formula is C12H14F2O. The second kappa shape index (κ2) is 5.03. The van der Waals surface area contributed by atoms with E-state index < -0.39 is 11.6 Å². The van der Waals surface area contributed by atoms with Crippen LogP contribution in [0.4, 0.5) is 8.78 Å². The number of allylic oxidation sites excluding steroid dienone is 1. The van der Waals surface area contributed by atoms with Gasteiger partial charge < -0.3 is 5.11 Å². The van der Waals surface area contributed by atoms with Crippen molar-refractivity contribution in [2.24, 2.45) is 5.92 Å². The Bertz CT molecular complexity index is 361. The van der Waals surface area contributed by atoms with E-state index in [1.807, 2.05) is 6.92 Å². The molecule has 0 saturated carbocycles. The van der Waals surface area contributed by atoms with Crippen LogP contribution in [0, 0.1) is 17.6 Å². The first-order valence-corrected chi connectivity index (χ1v) is 4.78. The monoisotopic (exact) mass is 212 g/mol. The van der Waals surface area contributed by atoms with Crippen molar-refractivity contribution in [2.45, 2.75) is 13.3 Å². The van der Waals surface area contributed by atoms with Gasteiger partial charge in [-0.15, -0.1) is 0 Å². The normalized spacial score (nSPS) is 12.5. The second-order valence-corrected chi connectivity index (χ2v) is 3.72. The molecule has 3 heteroatoms. The highest BCUT2D eigenvalue weighted by Crippen LogP contribution is 2.23. The van der Waals surface area contributed by atoms with Crippen molar-refractivity contribution >= 4 is 5.57 Å². The molecule has 0 bridgehead atoms. The fraction of sp³-hybridized carbons (Fsp3) is 0.333. The standard InChI is InChI=1S/C12H14F2O/c1-8(7-15)5-9(2)11-4-3-10(13)6-12(11)14/h3-4,6,8,15H,2,5,7H2,1H3/t8-/m0/s1. The SMILES string of the molecule is C=C(C[C@H](C)CO)c1ccc(F)cc1F. The van der Waals surface area contributed by atoms with Crippen LogP contribution in [0.25, 0.3) is 5.57 Å². The summed E-state index contributed by atoms with van der Waals surface area (Å²) in [7, 11) is 0. The lowest BCUT2D eigenvalue weighted by molar-refractivity contribution is 0.240. The summed E-state index contributed by atoms with van der Waals surface area (Å²) < 4.78 is 25.9. The van der Waals surface area contributed by atoms with Gasteiger partial charge in [0.15, 0.2) is 0 Å². The van der Waals surface area contributed by atoms with E-state index in [1.54, 1.807) is 0 Å². The highest BCUT2D eigenvalue weighted by atomic mass is 19.1. The Labute approximate surface area is 88.1 Å². The molecule has 0 amide bonds. The van der Waals surface area contributed by atoms with Gasteiger partial charge in [0.05, 0.1) is 0 Å². The van der Waals surface area contributed by atoms with Crippen molar-refractivity contribution in [1.29, 1.82) is 0 Å². The summed E-state index contributed by atoms with van der Waals surface area (Å²) >= 11 is 0. The molecule has 1 nitrogen and oxygen atoms in total. The predicted octanol–water partition coefficient (Wildman–Crippen LogP) is 3.00. The molecular weight excluding hydrogens is 198 g/mol. The zero-order valence-corrected chi connectivity index (χ0v) is 8.63. The highest BCUT2D eigenvalue weighted by Gasteiger charge is 2.10. The molecule has 0 heterocycles. The van der Waals surface area contributed by atoms with Gasteiger partial charge in [-0.3, -0.25) is 0 Å². The minimum atomic E-state index is -0.606. The first-order valence-electron chi connectivity index (χ1n) is 4.78. The molecule has 0 aromatic heterocycles. The summed E-state index contributed by atoms with van der Waals surface area (Å²) in [6.07, 6.45) is 0.499. The number of aliphatic hydroxyl groups excluding tert-OH is 1. The summed E-state index contributed by atoms with van der Waals surface area (Å²) in [6, 6.07) is 3.41. The molecule has 0 aliphatic rings. The number of aliphatic hydroxyl groups is 1. The van der Waals surface area contributed by atoms with Gasteiger partial charge in [0.25, 0.3) is 0 Å². The van der Waals surface area contributed by atoms with E-state index in [9.17, 15) is 8.78 Å². The summed E-state index contributed by atoms with van der Waals surface area (Å²) in [6.45, 7) is 5.60. The van der Waals surface area contributed by atoms with Crippen LogP contribution in [0.2, 0.25) is 0 Å². The van der Waals surface area contributed by atoms with Gasteiger partial charge in [0, 0.05) is 18.2 Å². The van der Waals surface area contributed by atoms with Gasteiger partial charge in [0.2, 0.25) is 0 Å². The molecule has 1 aromatic rings. The fourth-order valence-corrected chi connectivity index (χ4v) is 1.37. The maximum Gasteiger partial charge on any atom is 0.133 e. The number of rotatable bonds is 4. The molecule has 0 fully saturated rings. The van der Waals surface area contributed by atoms with Crippen molar-refractivity contribution < 1.29 is 13.9 Å². The van der Waals surface area contributed by atoms with E-state index >= 15 is 0 Å². The fourth-order valence-electron chi connectivity index (χ4n) is 1.37. The lowest BCUT2D eigenvalue weighted by atomic mass is 9.97. The zero-order chi connectivity index (χ0) is 11.4. The van der Waals surface area contributed by atoms with Crippen LogP contribution >= 0.6 is 0 Å². The van der Waals surface area contributed by atoms with E-state index in [0.29, 0.717) is 17.6 Å². The third kappa shape index (κ3) is 3.13. The molecule has 0 unspecified atom stereocenters. The maximum absolute atomic E-state index is 13.3. The third-order valence-electron chi connectivity index (χ3n) is 2.22. The van der Waals surface area contributed by atoms with E-state index in [2.05, 4.69) is 6.58 Å². The third-order valence-corrected chi connectivity index (χ3v) is 2.22. The predicted molar refractivity (Wildman–Crippen MR) is 56.3 cm³/mol. The molecule has 0 radical (unpaired) electrons. The van der Waals surface area contributed by atoms with E-state index in [0.717, 1.165) is 6.07 Å². The summed E-state index contributed by atoms with van der Waals surface area (Å²) in [5, 5.41) is 8.85. The molecule has 0 spiro atoms. The molecule has 1 atom stereocenters. The van der Waals surface area contributed by atoms with Gasteiger partial charge >= 0.3 is 0 Å². The Morgan fingerprint density at radius 2 is 2.13 bits per heavy atom. The first-order chi connectivity index (χ1) is 7.04. The zero-order valence-electron chi connectivity index (χ0n) is 8.63. The van der Waals surface area contributed by atoms with Crippen LogP contribution < -0.4 is 0 Å². The molecule has 1 N–H and O–H groups in total. The molecule has 0 saturated heterocycles. The van der Waals surface area contributed by atoms with Crippen LogP contribution in [0.1, 0.15) is 18.9 Å². The van der Waals surface area contributed by atoms with Gasteiger partial charge in [-0.2, -0.15) is 0 Å². The average molecular weight is 212 g/mol. The lowest BCUT2D eigenvalue weighted by Crippen LogP contribution is -2.02. The van der Waals surface area contributed by atoms with Crippen LogP contribution in [0.3, 0.4) is 0 Å². The topological polar surface area (TPSA) is 20.2 Å². The lowest BCUT2D eigenvalue weighted by Gasteiger charge is -2.11. The quantitative estimate of drug-likeness (QED) is 0.813. The minimum Gasteiger partial charge on any atom is -0.396 e. The van der Waals surface area contributed by atoms with Crippen LogP contribution in [-0.4, -0.2) is 11.7 Å². The molecule has 1 rings (SSSR count). The Morgan fingerprint density at radius 1 is 1.47 bits per heavy atom. The minimum absolute atomic E-state index is 0.0296. The van der Waals surface area contributed by atoms with Crippen LogP contribution in [-0.2, 0) is 0 Å². The smallest absolute Gasteiger partial charge is 0.133 e. The molecule has 15 heavy (non-hydrogen) atoms. The van der Waals surface area contributed by atoms with E-state index in [4.69, 9.17) is 5.11 Å². The van der Waals surface area contributed by atoms with Gasteiger partial charge in [-0.25, -0.2) is 8.78 Å². The number of hydrogen-bond donors (Lipinski definition) is 1. The number of hydrogen-bond acceptors (Lipinski definition) is 1. The Hall–Kier alpha value is -1.22. The summed E-state index contributed by atoms with van der Waals surface area (Å²) in [5.74, 6) is -1.17. The van der Waals surface area contributed by atoms with Crippen molar-refractivity contribution in [3.8, 4) is 0 Å². The van der Waals surface area contributed by atoms with Crippen LogP contribution in [0.15, 0.2) is 24.8 Å². The Kier molecular flexibility index (Phi) is 3.97. The van der Waals surface area contributed by atoms with Crippen molar-refractivity contribution in [3.63, 3.8) is 0 Å². The number of halogens is 2. The van der Waals surface area contributed by atoms with Gasteiger partial charge in [-0.05, 0) is 30.0 Å². The van der Waals surface area contributed by atoms with E-state index in [-0.39, 0.29) is 12.5 Å². The highest BCUT2D eigenvalue weighted by molar-refractivity contribution is 5.63. The average Bonchev–Trinajstić information content (AvgIpc) is 2.17. The largest absolute Gasteiger partial charge is 0.396 e. The molecule has 82 valence electrons. The molecule has 0 aliphatic carbocycles. The van der Waals surface area contributed by atoms with Crippen LogP contribution in [0.5, 0.6) is 0 Å². The number of benzene rings is 1. The Balaban J connectivity index is 2.82. The first kappa shape index (κ1) is 11.9. The van der Waals surface area contributed by atoms with E-state index in [1.165, 1.54) is 12.1 Å². The Morgan fingerprint density at radius 3 is 2.67 bits per heavy atom. The van der Waals surface area contributed by atoms with Gasteiger partial charge in [0.1, 0.15) is 11.6 Å². The van der Waals surface area contributed by atoms with Crippen molar-refractivity contribution in [3.05, 3.63) is 42.0 Å². The molecule has 1 aromatic carbocycles. The maximum atomic E-state index is 13.3. The second-order valence-electron chi connectivity index (χ2n) is 3.72. The van der Waals surface area contributed by atoms with Crippen molar-refractivity contribution in [1.82, 2.24) is 0 Å².